The molecule has 0 aliphatic heterocycles. The van der Waals surface area contributed by atoms with Gasteiger partial charge in [0.15, 0.2) is 0 Å². The summed E-state index contributed by atoms with van der Waals surface area (Å²) in [5.41, 5.74) is 7.05. The Balaban J connectivity index is 2.23. The number of nitrogens with two attached hydrogens (primary N) is 1. The first kappa shape index (κ1) is 16.5. The number of benzene rings is 1. The van der Waals surface area contributed by atoms with Gasteiger partial charge in [0, 0.05) is 35.3 Å². The number of methoxy groups -OCH3 is 1. The number of rotatable bonds is 3. The van der Waals surface area contributed by atoms with E-state index in [1.165, 1.54) is 0 Å². The van der Waals surface area contributed by atoms with Crippen molar-refractivity contribution in [1.82, 2.24) is 9.97 Å². The summed E-state index contributed by atoms with van der Waals surface area (Å²) in [5, 5.41) is 2.67. The van der Waals surface area contributed by atoms with Crippen LogP contribution in [0.5, 0.6) is 5.75 Å². The summed E-state index contributed by atoms with van der Waals surface area (Å²) in [6.07, 6.45) is 2.70. The summed E-state index contributed by atoms with van der Waals surface area (Å²) in [7, 11) is 1.55. The first-order valence-electron chi connectivity index (χ1n) is 7.04. The number of anilines is 2. The number of nitrogens with one attached hydrogen (secondary N) is 1. The van der Waals surface area contributed by atoms with Crippen molar-refractivity contribution in [1.29, 1.82) is 0 Å². The second-order valence-corrected chi connectivity index (χ2v) is 5.87. The number of aromatic nitrogens is 2. The lowest BCUT2D eigenvalue weighted by Crippen LogP contribution is -2.27. The van der Waals surface area contributed by atoms with E-state index >= 15 is 0 Å². The molecule has 0 saturated carbocycles. The maximum atomic E-state index is 11.8. The second-order valence-electron chi connectivity index (χ2n) is 5.87. The largest absolute Gasteiger partial charge is 0.496 e. The highest BCUT2D eigenvalue weighted by atomic mass is 16.6. The molecule has 0 spiro atoms. The number of nitrogens with zero attached hydrogens (tertiary/aromatic N) is 2. The molecular weight excluding hydrogens is 296 g/mol. The summed E-state index contributed by atoms with van der Waals surface area (Å²) < 4.78 is 10.6. The normalized spacial score (nSPS) is 11.0. The molecule has 0 unspecified atom stereocenters. The highest BCUT2D eigenvalue weighted by molar-refractivity contribution is 5.86. The Labute approximate surface area is 134 Å². The van der Waals surface area contributed by atoms with Crippen LogP contribution in [0.1, 0.15) is 20.8 Å². The van der Waals surface area contributed by atoms with Gasteiger partial charge in [0.05, 0.1) is 7.11 Å². The van der Waals surface area contributed by atoms with Crippen LogP contribution < -0.4 is 15.8 Å². The van der Waals surface area contributed by atoms with Gasteiger partial charge in [-0.15, -0.1) is 0 Å². The molecule has 122 valence electrons. The molecule has 0 atom stereocenters. The first-order valence-corrected chi connectivity index (χ1v) is 7.04. The SMILES string of the molecule is COc1cc(NC(=O)OC(C)(C)C)ccc1-c1cnc(N)nc1. The van der Waals surface area contributed by atoms with Crippen molar-refractivity contribution in [3.05, 3.63) is 30.6 Å². The summed E-state index contributed by atoms with van der Waals surface area (Å²) in [4.78, 5) is 19.7. The van der Waals surface area contributed by atoms with E-state index in [2.05, 4.69) is 15.3 Å². The maximum Gasteiger partial charge on any atom is 0.412 e. The van der Waals surface area contributed by atoms with E-state index in [0.29, 0.717) is 11.4 Å². The topological polar surface area (TPSA) is 99.4 Å². The van der Waals surface area contributed by atoms with Crippen LogP contribution >= 0.6 is 0 Å². The zero-order chi connectivity index (χ0) is 17.0. The minimum atomic E-state index is -0.560. The zero-order valence-electron chi connectivity index (χ0n) is 13.6. The van der Waals surface area contributed by atoms with Crippen LogP contribution in [0.4, 0.5) is 16.4 Å². The molecule has 0 aliphatic rings. The van der Waals surface area contributed by atoms with Crippen LogP contribution in [-0.4, -0.2) is 28.8 Å². The molecule has 2 rings (SSSR count). The fraction of sp³-hybridized carbons (Fsp3) is 0.312. The molecule has 0 fully saturated rings. The van der Waals surface area contributed by atoms with Gasteiger partial charge in [0.2, 0.25) is 5.95 Å². The molecular formula is C16H20N4O3. The highest BCUT2D eigenvalue weighted by Crippen LogP contribution is 2.32. The van der Waals surface area contributed by atoms with Gasteiger partial charge < -0.3 is 15.2 Å². The smallest absolute Gasteiger partial charge is 0.412 e. The van der Waals surface area contributed by atoms with Gasteiger partial charge in [-0.05, 0) is 32.9 Å². The molecule has 0 radical (unpaired) electrons. The maximum absolute atomic E-state index is 11.8. The molecule has 7 heteroatoms. The van der Waals surface area contributed by atoms with E-state index in [-0.39, 0.29) is 5.95 Å². The molecule has 7 nitrogen and oxygen atoms in total. The van der Waals surface area contributed by atoms with Crippen molar-refractivity contribution in [3.63, 3.8) is 0 Å². The minimum absolute atomic E-state index is 0.205. The van der Waals surface area contributed by atoms with E-state index < -0.39 is 11.7 Å². The first-order chi connectivity index (χ1) is 10.8. The van der Waals surface area contributed by atoms with Crippen LogP contribution in [0, 0.1) is 0 Å². The van der Waals surface area contributed by atoms with Gasteiger partial charge in [0.25, 0.3) is 0 Å². The van der Waals surface area contributed by atoms with Crippen molar-refractivity contribution in [2.24, 2.45) is 0 Å². The van der Waals surface area contributed by atoms with Crippen LogP contribution in [0.2, 0.25) is 0 Å². The Kier molecular flexibility index (Phi) is 4.68. The van der Waals surface area contributed by atoms with Gasteiger partial charge in [-0.1, -0.05) is 0 Å². The highest BCUT2D eigenvalue weighted by Gasteiger charge is 2.17. The Morgan fingerprint density at radius 3 is 2.43 bits per heavy atom. The van der Waals surface area contributed by atoms with Crippen LogP contribution in [-0.2, 0) is 4.74 Å². The lowest BCUT2D eigenvalue weighted by molar-refractivity contribution is 0.0636. The Morgan fingerprint density at radius 2 is 1.87 bits per heavy atom. The number of hydrogen-bond donors (Lipinski definition) is 2. The fourth-order valence-electron chi connectivity index (χ4n) is 1.91. The number of ether oxygens (including phenoxy) is 2. The minimum Gasteiger partial charge on any atom is -0.496 e. The number of amides is 1. The van der Waals surface area contributed by atoms with Crippen molar-refractivity contribution in [3.8, 4) is 16.9 Å². The van der Waals surface area contributed by atoms with Crippen LogP contribution in [0.15, 0.2) is 30.6 Å². The Morgan fingerprint density at radius 1 is 1.22 bits per heavy atom. The summed E-state index contributed by atoms with van der Waals surface area (Å²) in [5.74, 6) is 0.780. The molecule has 1 heterocycles. The summed E-state index contributed by atoms with van der Waals surface area (Å²) in [6, 6.07) is 5.26. The monoisotopic (exact) mass is 316 g/mol. The average Bonchev–Trinajstić information content (AvgIpc) is 2.46. The second kappa shape index (κ2) is 6.51. The van der Waals surface area contributed by atoms with Gasteiger partial charge in [-0.2, -0.15) is 0 Å². The van der Waals surface area contributed by atoms with Gasteiger partial charge in [-0.25, -0.2) is 14.8 Å². The van der Waals surface area contributed by atoms with E-state index in [4.69, 9.17) is 15.2 Å². The third kappa shape index (κ3) is 4.57. The predicted octanol–water partition coefficient (Wildman–Crippen LogP) is 3.08. The van der Waals surface area contributed by atoms with Crippen LogP contribution in [0.25, 0.3) is 11.1 Å². The summed E-state index contributed by atoms with van der Waals surface area (Å²) >= 11 is 0. The summed E-state index contributed by atoms with van der Waals surface area (Å²) in [6.45, 7) is 5.41. The average molecular weight is 316 g/mol. The van der Waals surface area contributed by atoms with E-state index in [1.54, 1.807) is 58.5 Å². The zero-order valence-corrected chi connectivity index (χ0v) is 13.6. The molecule has 2 aromatic rings. The van der Waals surface area contributed by atoms with Crippen molar-refractivity contribution < 1.29 is 14.3 Å². The van der Waals surface area contributed by atoms with Gasteiger partial charge >= 0.3 is 6.09 Å². The quantitative estimate of drug-likeness (QED) is 0.902. The van der Waals surface area contributed by atoms with Gasteiger partial charge in [0.1, 0.15) is 11.4 Å². The molecule has 1 aromatic heterocycles. The van der Waals surface area contributed by atoms with Crippen LogP contribution in [0.3, 0.4) is 0 Å². The lowest BCUT2D eigenvalue weighted by Gasteiger charge is -2.20. The molecule has 1 amide bonds. The number of nitrogen functional groups attached to an aromatic ring is 1. The third-order valence-corrected chi connectivity index (χ3v) is 2.83. The number of carbonyl (C=O) groups excluding carboxylic acids is 1. The number of carbonyl (C=O) groups is 1. The van der Waals surface area contributed by atoms with E-state index in [9.17, 15) is 4.79 Å². The molecule has 3 N–H and O–H groups in total. The van der Waals surface area contributed by atoms with Crippen molar-refractivity contribution in [2.45, 2.75) is 26.4 Å². The number of hydrogen-bond acceptors (Lipinski definition) is 6. The van der Waals surface area contributed by atoms with E-state index in [0.717, 1.165) is 11.1 Å². The predicted molar refractivity (Wildman–Crippen MR) is 88.3 cm³/mol. The van der Waals surface area contributed by atoms with Crippen molar-refractivity contribution >= 4 is 17.7 Å². The molecule has 23 heavy (non-hydrogen) atoms. The molecule has 0 saturated heterocycles. The van der Waals surface area contributed by atoms with E-state index in [1.807, 2.05) is 0 Å². The third-order valence-electron chi connectivity index (χ3n) is 2.83. The molecule has 0 bridgehead atoms. The van der Waals surface area contributed by atoms with Gasteiger partial charge in [-0.3, -0.25) is 5.32 Å². The Hall–Kier alpha value is -2.83. The van der Waals surface area contributed by atoms with Crippen molar-refractivity contribution in [2.75, 3.05) is 18.2 Å². The lowest BCUT2D eigenvalue weighted by atomic mass is 10.1. The molecule has 0 aliphatic carbocycles. The standard InChI is InChI=1S/C16H20N4O3/c1-16(2,3)23-15(21)20-11-5-6-12(13(7-11)22-4)10-8-18-14(17)19-9-10/h5-9H,1-4H3,(H,20,21)(H2,17,18,19). The fourth-order valence-corrected chi connectivity index (χ4v) is 1.91. The molecule has 1 aromatic carbocycles. The Bertz CT molecular complexity index is 693.